The maximum absolute atomic E-state index is 11.4. The molecule has 0 aromatic heterocycles. The molecule has 182 valence electrons. The Bertz CT molecular complexity index is 822. The van der Waals surface area contributed by atoms with E-state index < -0.39 is 0 Å². The van der Waals surface area contributed by atoms with Gasteiger partial charge in [-0.2, -0.15) is 0 Å². The molecule has 0 aliphatic heterocycles. The van der Waals surface area contributed by atoms with E-state index in [0.717, 1.165) is 12.8 Å². The van der Waals surface area contributed by atoms with Crippen molar-refractivity contribution in [3.8, 4) is 0 Å². The standard InChI is InChI=1S/C28H48N2O2/c1-17(29(6)7)22-18(31)14-26(5)21-11-10-20-24(2,3)23(30(8)9)19(32)15-28(20)16-27(21,28)13-12-25(22,26)4/h10-11,17-23,31-32H,12-16H2,1-9H3/t17-,18+,19+,20-,21-,22-,23-,25+,26-,27-,28+/m0/s1. The van der Waals surface area contributed by atoms with Crippen molar-refractivity contribution in [1.82, 2.24) is 9.80 Å². The van der Waals surface area contributed by atoms with E-state index in [1.165, 1.54) is 19.3 Å². The van der Waals surface area contributed by atoms with Gasteiger partial charge < -0.3 is 20.0 Å². The van der Waals surface area contributed by atoms with E-state index in [0.29, 0.717) is 29.2 Å². The minimum atomic E-state index is -0.264. The molecule has 32 heavy (non-hydrogen) atoms. The normalized spacial score (nSPS) is 56.4. The van der Waals surface area contributed by atoms with Crippen molar-refractivity contribution in [2.45, 2.75) is 91.0 Å². The second-order valence-corrected chi connectivity index (χ2v) is 14.2. The smallest absolute Gasteiger partial charge is 0.0706 e. The van der Waals surface area contributed by atoms with Gasteiger partial charge in [-0.15, -0.1) is 0 Å². The minimum absolute atomic E-state index is 0.0466. The van der Waals surface area contributed by atoms with Crippen LogP contribution in [-0.4, -0.2) is 72.5 Å². The molecular weight excluding hydrogens is 396 g/mol. The maximum atomic E-state index is 11.4. The first-order valence-corrected chi connectivity index (χ1v) is 13.1. The average molecular weight is 445 g/mol. The van der Waals surface area contributed by atoms with Crippen molar-refractivity contribution < 1.29 is 10.2 Å². The molecule has 0 heterocycles. The summed E-state index contributed by atoms with van der Waals surface area (Å²) in [5.74, 6) is 1.35. The number of allylic oxidation sites excluding steroid dienone is 2. The minimum Gasteiger partial charge on any atom is -0.393 e. The molecule has 4 heteroatoms. The summed E-state index contributed by atoms with van der Waals surface area (Å²) in [7, 11) is 8.58. The molecule has 0 aromatic rings. The van der Waals surface area contributed by atoms with Crippen molar-refractivity contribution >= 4 is 0 Å². The van der Waals surface area contributed by atoms with Crippen LogP contribution in [0.3, 0.4) is 0 Å². The molecule has 0 amide bonds. The number of aliphatic hydroxyl groups is 2. The molecular formula is C28H48N2O2. The number of rotatable bonds is 3. The number of fused-ring (bicyclic) bond motifs is 2. The summed E-state index contributed by atoms with van der Waals surface area (Å²) in [5, 5.41) is 22.8. The largest absolute Gasteiger partial charge is 0.393 e. The first-order valence-electron chi connectivity index (χ1n) is 13.1. The lowest BCUT2D eigenvalue weighted by atomic mass is 9.43. The molecule has 0 unspecified atom stereocenters. The number of aliphatic hydroxyl groups excluding tert-OH is 2. The Morgan fingerprint density at radius 1 is 0.812 bits per heavy atom. The van der Waals surface area contributed by atoms with E-state index in [1.807, 2.05) is 0 Å². The summed E-state index contributed by atoms with van der Waals surface area (Å²) in [6.45, 7) is 12.1. The fraction of sp³-hybridized carbons (Fsp3) is 0.929. The number of nitrogens with zero attached hydrogens (tertiary/aromatic N) is 2. The van der Waals surface area contributed by atoms with Gasteiger partial charge in [-0.05, 0) is 106 Å². The number of likely N-dealkylation sites (N-methyl/N-ethyl adjacent to an activating group) is 1. The molecule has 11 atom stereocenters. The van der Waals surface area contributed by atoms with Gasteiger partial charge in [0.1, 0.15) is 0 Å². The van der Waals surface area contributed by atoms with Gasteiger partial charge in [-0.3, -0.25) is 0 Å². The summed E-state index contributed by atoms with van der Waals surface area (Å²) >= 11 is 0. The number of hydrogen-bond acceptors (Lipinski definition) is 4. The van der Waals surface area contributed by atoms with Crippen LogP contribution in [0.15, 0.2) is 12.2 Å². The van der Waals surface area contributed by atoms with Crippen LogP contribution < -0.4 is 0 Å². The molecule has 4 nitrogen and oxygen atoms in total. The first kappa shape index (κ1) is 23.3. The lowest BCUT2D eigenvalue weighted by Crippen LogP contribution is -2.62. The first-order chi connectivity index (χ1) is 14.7. The average Bonchev–Trinajstić information content (AvgIpc) is 3.24. The van der Waals surface area contributed by atoms with Crippen molar-refractivity contribution in [1.29, 1.82) is 0 Å². The zero-order chi connectivity index (χ0) is 23.6. The second-order valence-electron chi connectivity index (χ2n) is 14.2. The molecule has 5 rings (SSSR count). The Morgan fingerprint density at radius 2 is 1.44 bits per heavy atom. The van der Waals surface area contributed by atoms with Gasteiger partial charge in [0.2, 0.25) is 0 Å². The number of hydrogen-bond donors (Lipinski definition) is 2. The van der Waals surface area contributed by atoms with Crippen LogP contribution in [0.25, 0.3) is 0 Å². The predicted octanol–water partition coefficient (Wildman–Crippen LogP) is 4.02. The van der Waals surface area contributed by atoms with Crippen molar-refractivity contribution in [3.05, 3.63) is 12.2 Å². The summed E-state index contributed by atoms with van der Waals surface area (Å²) in [4.78, 5) is 4.56. The van der Waals surface area contributed by atoms with Crippen LogP contribution in [0.2, 0.25) is 0 Å². The van der Waals surface area contributed by atoms with Crippen molar-refractivity contribution in [2.24, 2.45) is 44.8 Å². The molecule has 0 aromatic carbocycles. The third kappa shape index (κ3) is 2.44. The van der Waals surface area contributed by atoms with Gasteiger partial charge in [0.05, 0.1) is 12.2 Å². The van der Waals surface area contributed by atoms with Crippen LogP contribution in [0.5, 0.6) is 0 Å². The second kappa shape index (κ2) is 6.62. The Hall–Kier alpha value is -0.420. The van der Waals surface area contributed by atoms with E-state index >= 15 is 0 Å². The van der Waals surface area contributed by atoms with Crippen LogP contribution >= 0.6 is 0 Å². The van der Waals surface area contributed by atoms with Crippen molar-refractivity contribution in [2.75, 3.05) is 28.2 Å². The Morgan fingerprint density at radius 3 is 2.03 bits per heavy atom. The van der Waals surface area contributed by atoms with E-state index in [1.54, 1.807) is 0 Å². The molecule has 2 N–H and O–H groups in total. The molecule has 5 aliphatic carbocycles. The fourth-order valence-electron chi connectivity index (χ4n) is 11.0. The highest BCUT2D eigenvalue weighted by molar-refractivity contribution is 5.38. The molecule has 5 aliphatic rings. The summed E-state index contributed by atoms with van der Waals surface area (Å²) in [5.41, 5.74) is 0.847. The molecule has 4 saturated carbocycles. The molecule has 2 spiro atoms. The Kier molecular flexibility index (Phi) is 4.83. The van der Waals surface area contributed by atoms with E-state index in [2.05, 4.69) is 84.8 Å². The fourth-order valence-corrected chi connectivity index (χ4v) is 11.0. The molecule has 0 saturated heterocycles. The van der Waals surface area contributed by atoms with Gasteiger partial charge in [0, 0.05) is 18.0 Å². The Balaban J connectivity index is 1.57. The van der Waals surface area contributed by atoms with E-state index in [-0.39, 0.29) is 39.9 Å². The lowest BCUT2D eigenvalue weighted by molar-refractivity contribution is -0.135. The zero-order valence-corrected chi connectivity index (χ0v) is 22.0. The van der Waals surface area contributed by atoms with Crippen LogP contribution in [0, 0.1) is 44.8 Å². The van der Waals surface area contributed by atoms with Crippen LogP contribution in [0.1, 0.15) is 66.7 Å². The maximum Gasteiger partial charge on any atom is 0.0706 e. The van der Waals surface area contributed by atoms with E-state index in [9.17, 15) is 10.2 Å². The highest BCUT2D eigenvalue weighted by atomic mass is 16.3. The van der Waals surface area contributed by atoms with Crippen LogP contribution in [0.4, 0.5) is 0 Å². The Labute approximate surface area is 196 Å². The lowest BCUT2D eigenvalue weighted by Gasteiger charge is -2.62. The quantitative estimate of drug-likeness (QED) is 0.646. The highest BCUT2D eigenvalue weighted by Crippen LogP contribution is 2.87. The molecule has 0 radical (unpaired) electrons. The van der Waals surface area contributed by atoms with Gasteiger partial charge in [0.15, 0.2) is 0 Å². The molecule has 4 fully saturated rings. The van der Waals surface area contributed by atoms with Gasteiger partial charge >= 0.3 is 0 Å². The summed E-state index contributed by atoms with van der Waals surface area (Å²) < 4.78 is 0. The van der Waals surface area contributed by atoms with E-state index in [4.69, 9.17) is 0 Å². The summed E-state index contributed by atoms with van der Waals surface area (Å²) in [6, 6.07) is 0.565. The van der Waals surface area contributed by atoms with Gasteiger partial charge in [-0.25, -0.2) is 0 Å². The zero-order valence-electron chi connectivity index (χ0n) is 22.0. The predicted molar refractivity (Wildman–Crippen MR) is 130 cm³/mol. The SMILES string of the molecule is C[C@@H]([C@H]1[C@H](O)C[C@@]2(C)[C@@H]3C=C[C@H]4C(C)(C)[C@@H](N(C)C)[C@H](O)C[C@@]45C[C@@]35CC[C@]12C)N(C)C. The monoisotopic (exact) mass is 444 g/mol. The molecule has 0 bridgehead atoms. The summed E-state index contributed by atoms with van der Waals surface area (Å²) in [6.07, 6.45) is 10.3. The third-order valence-electron chi connectivity index (χ3n) is 12.4. The van der Waals surface area contributed by atoms with Gasteiger partial charge in [0.25, 0.3) is 0 Å². The topological polar surface area (TPSA) is 46.9 Å². The highest BCUT2D eigenvalue weighted by Gasteiger charge is 2.82. The van der Waals surface area contributed by atoms with Gasteiger partial charge in [-0.1, -0.05) is 39.8 Å². The van der Waals surface area contributed by atoms with Crippen molar-refractivity contribution in [3.63, 3.8) is 0 Å². The third-order valence-corrected chi connectivity index (χ3v) is 12.4. The van der Waals surface area contributed by atoms with Crippen LogP contribution in [-0.2, 0) is 0 Å².